The Kier molecular flexibility index (Phi) is 5.76. The lowest BCUT2D eigenvalue weighted by molar-refractivity contribution is -0.140. The van der Waals surface area contributed by atoms with Gasteiger partial charge in [-0.05, 0) is 54.7 Å². The zero-order valence-corrected chi connectivity index (χ0v) is 17.2. The number of thiocarbonyl (C=S) groups is 1. The Hall–Kier alpha value is -3.26. The summed E-state index contributed by atoms with van der Waals surface area (Å²) in [6, 6.07) is 15.6. The minimum Gasteiger partial charge on any atom is -0.469 e. The lowest BCUT2D eigenvalue weighted by Gasteiger charge is -2.28. The maximum absolute atomic E-state index is 13.9. The molecular formula is C22H21FN4O2S. The highest BCUT2D eigenvalue weighted by Crippen LogP contribution is 2.39. The van der Waals surface area contributed by atoms with Crippen molar-refractivity contribution in [3.63, 3.8) is 0 Å². The lowest BCUT2D eigenvalue weighted by atomic mass is 10.0. The van der Waals surface area contributed by atoms with Crippen LogP contribution in [-0.2, 0) is 9.53 Å². The van der Waals surface area contributed by atoms with Gasteiger partial charge in [-0.2, -0.15) is 0 Å². The highest BCUT2D eigenvalue weighted by atomic mass is 32.1. The number of carbonyl (C=O) groups excluding carboxylic acids is 1. The molecule has 1 saturated heterocycles. The monoisotopic (exact) mass is 424 g/mol. The Bertz CT molecular complexity index is 1060. The molecule has 4 rings (SSSR count). The highest BCUT2D eigenvalue weighted by molar-refractivity contribution is 7.80. The molecule has 154 valence electrons. The second-order valence-electron chi connectivity index (χ2n) is 6.93. The molecule has 3 heterocycles. The maximum Gasteiger partial charge on any atom is 0.307 e. The van der Waals surface area contributed by atoms with E-state index in [-0.39, 0.29) is 30.3 Å². The number of pyridine rings is 1. The molecule has 3 aromatic rings. The number of benzene rings is 1. The smallest absolute Gasteiger partial charge is 0.307 e. The lowest BCUT2D eigenvalue weighted by Crippen LogP contribution is -2.32. The normalized spacial score (nSPS) is 18.3. The van der Waals surface area contributed by atoms with E-state index < -0.39 is 0 Å². The van der Waals surface area contributed by atoms with Gasteiger partial charge in [0.25, 0.3) is 0 Å². The Morgan fingerprint density at radius 3 is 2.83 bits per heavy atom. The molecule has 2 aromatic heterocycles. The molecule has 0 bridgehead atoms. The molecule has 1 aromatic carbocycles. The van der Waals surface area contributed by atoms with Crippen LogP contribution in [-0.4, -0.2) is 39.2 Å². The van der Waals surface area contributed by atoms with E-state index in [0.29, 0.717) is 17.3 Å². The second kappa shape index (κ2) is 8.62. The number of rotatable bonds is 6. The van der Waals surface area contributed by atoms with Crippen molar-refractivity contribution in [2.75, 3.05) is 13.7 Å². The van der Waals surface area contributed by atoms with Crippen LogP contribution in [0.15, 0.2) is 67.0 Å². The fourth-order valence-corrected chi connectivity index (χ4v) is 4.11. The molecule has 1 N–H and O–H groups in total. The van der Waals surface area contributed by atoms with E-state index in [9.17, 15) is 9.18 Å². The first-order valence-corrected chi connectivity index (χ1v) is 9.97. The van der Waals surface area contributed by atoms with Gasteiger partial charge in [-0.1, -0.05) is 12.1 Å². The van der Waals surface area contributed by atoms with Crippen LogP contribution in [0.25, 0.3) is 5.69 Å². The van der Waals surface area contributed by atoms with Gasteiger partial charge in [0.15, 0.2) is 5.11 Å². The van der Waals surface area contributed by atoms with Crippen LogP contribution in [0.1, 0.15) is 29.9 Å². The summed E-state index contributed by atoms with van der Waals surface area (Å²) in [5.74, 6) is -0.616. The van der Waals surface area contributed by atoms with Gasteiger partial charge in [0, 0.05) is 30.3 Å². The van der Waals surface area contributed by atoms with Crippen molar-refractivity contribution in [2.24, 2.45) is 0 Å². The van der Waals surface area contributed by atoms with Crippen LogP contribution < -0.4 is 5.32 Å². The highest BCUT2D eigenvalue weighted by Gasteiger charge is 2.41. The van der Waals surface area contributed by atoms with Crippen LogP contribution in [0.3, 0.4) is 0 Å². The van der Waals surface area contributed by atoms with Gasteiger partial charge < -0.3 is 19.5 Å². The Morgan fingerprint density at radius 1 is 1.23 bits per heavy atom. The number of aromatic nitrogens is 2. The van der Waals surface area contributed by atoms with E-state index in [4.69, 9.17) is 17.0 Å². The first-order chi connectivity index (χ1) is 14.6. The maximum atomic E-state index is 13.9. The summed E-state index contributed by atoms with van der Waals surface area (Å²) >= 11 is 5.60. The number of hydrogen-bond donors (Lipinski definition) is 1. The Balaban J connectivity index is 1.76. The molecule has 0 unspecified atom stereocenters. The van der Waals surface area contributed by atoms with Crippen molar-refractivity contribution in [1.29, 1.82) is 0 Å². The van der Waals surface area contributed by atoms with Crippen molar-refractivity contribution < 1.29 is 13.9 Å². The molecule has 30 heavy (non-hydrogen) atoms. The Labute approximate surface area is 179 Å². The van der Waals surface area contributed by atoms with Crippen LogP contribution in [0.5, 0.6) is 0 Å². The van der Waals surface area contributed by atoms with Gasteiger partial charge in [-0.3, -0.25) is 9.78 Å². The standard InChI is InChI=1S/C22H21FN4O2S/c1-29-19(28)10-13-27-21(20(25-22(27)30)17-8-2-3-11-24-17)18-9-5-12-26(18)16-7-4-6-15(23)14-16/h2-9,11-12,14,20-21H,10,13H2,1H3,(H,25,30)/t20-,21+/m0/s1. The first-order valence-electron chi connectivity index (χ1n) is 9.56. The molecule has 1 fully saturated rings. The van der Waals surface area contributed by atoms with Gasteiger partial charge >= 0.3 is 5.97 Å². The number of ether oxygens (including phenoxy) is 1. The van der Waals surface area contributed by atoms with Crippen LogP contribution in [0.2, 0.25) is 0 Å². The van der Waals surface area contributed by atoms with Crippen molar-refractivity contribution in [1.82, 2.24) is 19.8 Å². The molecule has 1 aliphatic rings. The summed E-state index contributed by atoms with van der Waals surface area (Å²) in [5, 5.41) is 3.88. The van der Waals surface area contributed by atoms with E-state index in [0.717, 1.165) is 11.4 Å². The third-order valence-electron chi connectivity index (χ3n) is 5.15. The van der Waals surface area contributed by atoms with E-state index in [2.05, 4.69) is 10.3 Å². The van der Waals surface area contributed by atoms with Gasteiger partial charge in [-0.25, -0.2) is 4.39 Å². The van der Waals surface area contributed by atoms with Gasteiger partial charge in [0.05, 0.1) is 31.3 Å². The molecule has 6 nitrogen and oxygen atoms in total. The molecule has 1 aliphatic heterocycles. The predicted octanol–water partition coefficient (Wildman–Crippen LogP) is 3.55. The molecule has 0 amide bonds. The minimum atomic E-state index is -0.309. The molecule has 2 atom stereocenters. The summed E-state index contributed by atoms with van der Waals surface area (Å²) < 4.78 is 20.6. The number of hydrogen-bond acceptors (Lipinski definition) is 4. The molecule has 0 spiro atoms. The number of carbonyl (C=O) groups is 1. The van der Waals surface area contributed by atoms with Crippen molar-refractivity contribution in [3.05, 3.63) is 84.2 Å². The van der Waals surface area contributed by atoms with Gasteiger partial charge in [0.2, 0.25) is 0 Å². The summed E-state index contributed by atoms with van der Waals surface area (Å²) in [5.41, 5.74) is 2.45. The number of nitrogens with one attached hydrogen (secondary N) is 1. The van der Waals surface area contributed by atoms with E-state index in [1.165, 1.54) is 19.2 Å². The third-order valence-corrected chi connectivity index (χ3v) is 5.50. The van der Waals surface area contributed by atoms with Crippen LogP contribution in [0, 0.1) is 5.82 Å². The average molecular weight is 425 g/mol. The fraction of sp³-hybridized carbons (Fsp3) is 0.227. The topological polar surface area (TPSA) is 59.4 Å². The van der Waals surface area contributed by atoms with Gasteiger partial charge in [-0.15, -0.1) is 0 Å². The zero-order valence-electron chi connectivity index (χ0n) is 16.4. The molecule has 0 radical (unpaired) electrons. The molecule has 8 heteroatoms. The van der Waals surface area contributed by atoms with Crippen molar-refractivity contribution >= 4 is 23.3 Å². The fourth-order valence-electron chi connectivity index (χ4n) is 3.78. The number of esters is 1. The average Bonchev–Trinajstić information content (AvgIpc) is 3.36. The Morgan fingerprint density at radius 2 is 2.10 bits per heavy atom. The number of methoxy groups -OCH3 is 1. The van der Waals surface area contributed by atoms with E-state index >= 15 is 0 Å². The summed E-state index contributed by atoms with van der Waals surface area (Å²) in [6.07, 6.45) is 3.82. The number of nitrogens with zero attached hydrogens (tertiary/aromatic N) is 3. The van der Waals surface area contributed by atoms with E-state index in [1.807, 2.05) is 52.1 Å². The predicted molar refractivity (Wildman–Crippen MR) is 115 cm³/mol. The van der Waals surface area contributed by atoms with Crippen molar-refractivity contribution in [3.8, 4) is 5.69 Å². The van der Waals surface area contributed by atoms with Gasteiger partial charge in [0.1, 0.15) is 5.82 Å². The zero-order chi connectivity index (χ0) is 21.1. The summed E-state index contributed by atoms with van der Waals surface area (Å²) in [6.45, 7) is 0.390. The quantitative estimate of drug-likeness (QED) is 0.483. The summed E-state index contributed by atoms with van der Waals surface area (Å²) in [4.78, 5) is 18.3. The molecular weight excluding hydrogens is 403 g/mol. The van der Waals surface area contributed by atoms with Crippen LogP contribution >= 0.6 is 12.2 Å². The first kappa shape index (κ1) is 20.0. The number of halogens is 1. The SMILES string of the molecule is COC(=O)CCN1C(=S)N[C@@H](c2ccccn2)[C@H]1c1cccn1-c1cccc(F)c1. The second-order valence-corrected chi connectivity index (χ2v) is 7.32. The van der Waals surface area contributed by atoms with Crippen LogP contribution in [0.4, 0.5) is 4.39 Å². The van der Waals surface area contributed by atoms with E-state index in [1.54, 1.807) is 12.3 Å². The molecule has 0 saturated carbocycles. The minimum absolute atomic E-state index is 0.199. The molecule has 0 aliphatic carbocycles. The largest absolute Gasteiger partial charge is 0.469 e. The third kappa shape index (κ3) is 3.91. The summed E-state index contributed by atoms with van der Waals surface area (Å²) in [7, 11) is 1.37. The van der Waals surface area contributed by atoms with Crippen molar-refractivity contribution in [2.45, 2.75) is 18.5 Å².